The third-order valence-corrected chi connectivity index (χ3v) is 4.25. The van der Waals surface area contributed by atoms with E-state index < -0.39 is 0 Å². The molecule has 1 saturated heterocycles. The smallest absolute Gasteiger partial charge is 0.134 e. The molecule has 0 bridgehead atoms. The van der Waals surface area contributed by atoms with Gasteiger partial charge in [-0.25, -0.2) is 0 Å². The Bertz CT molecular complexity index is 677. The highest BCUT2D eigenvalue weighted by molar-refractivity contribution is 5.24. The maximum absolute atomic E-state index is 6.15. The van der Waals surface area contributed by atoms with Crippen LogP contribution in [0.4, 0.5) is 0 Å². The Morgan fingerprint density at radius 3 is 2.35 bits per heavy atom. The minimum Gasteiger partial charge on any atom is -0.487 e. The fraction of sp³-hybridized carbons (Fsp3) is 0.200. The van der Waals surface area contributed by atoms with E-state index in [9.17, 15) is 0 Å². The predicted octanol–water partition coefficient (Wildman–Crippen LogP) is 4.28. The van der Waals surface area contributed by atoms with Crippen molar-refractivity contribution >= 4 is 0 Å². The molecule has 0 saturated carbocycles. The van der Waals surface area contributed by atoms with E-state index in [2.05, 4.69) is 29.2 Å². The van der Waals surface area contributed by atoms with Crippen molar-refractivity contribution in [2.45, 2.75) is 18.7 Å². The third kappa shape index (κ3) is 3.01. The van der Waals surface area contributed by atoms with Crippen molar-refractivity contribution < 1.29 is 9.15 Å². The third-order valence-electron chi connectivity index (χ3n) is 4.25. The molecule has 23 heavy (non-hydrogen) atoms. The van der Waals surface area contributed by atoms with Crippen LogP contribution in [-0.4, -0.2) is 17.5 Å². The molecule has 3 heteroatoms. The van der Waals surface area contributed by atoms with E-state index in [1.807, 2.05) is 48.5 Å². The number of benzene rings is 2. The van der Waals surface area contributed by atoms with E-state index in [1.165, 1.54) is 5.56 Å². The Morgan fingerprint density at radius 1 is 0.913 bits per heavy atom. The number of hydrogen-bond donors (Lipinski definition) is 0. The molecule has 0 aliphatic carbocycles. The van der Waals surface area contributed by atoms with Crippen LogP contribution >= 0.6 is 0 Å². The first-order valence-corrected chi connectivity index (χ1v) is 7.93. The second kappa shape index (κ2) is 6.31. The lowest BCUT2D eigenvalue weighted by Gasteiger charge is -2.46. The molecule has 0 radical (unpaired) electrons. The summed E-state index contributed by atoms with van der Waals surface area (Å²) >= 11 is 0. The zero-order valence-corrected chi connectivity index (χ0v) is 12.8. The lowest BCUT2D eigenvalue weighted by Crippen LogP contribution is -2.55. The number of rotatable bonds is 5. The lowest BCUT2D eigenvalue weighted by molar-refractivity contribution is -0.0624. The fourth-order valence-electron chi connectivity index (χ4n) is 3.12. The van der Waals surface area contributed by atoms with Gasteiger partial charge < -0.3 is 9.15 Å². The molecular weight excluding hydrogens is 286 g/mol. The number of ether oxygens (including phenoxy) is 1. The van der Waals surface area contributed by atoms with Crippen molar-refractivity contribution in [2.24, 2.45) is 0 Å². The summed E-state index contributed by atoms with van der Waals surface area (Å²) in [5.74, 6) is 1.88. The summed E-state index contributed by atoms with van der Waals surface area (Å²) in [6.45, 7) is 1.80. The Labute approximate surface area is 136 Å². The van der Waals surface area contributed by atoms with Gasteiger partial charge in [-0.3, -0.25) is 4.90 Å². The molecule has 2 aromatic carbocycles. The van der Waals surface area contributed by atoms with Crippen LogP contribution in [0.2, 0.25) is 0 Å². The molecule has 0 unspecified atom stereocenters. The monoisotopic (exact) mass is 305 g/mol. The van der Waals surface area contributed by atoms with Crippen molar-refractivity contribution in [3.63, 3.8) is 0 Å². The molecule has 3 nitrogen and oxygen atoms in total. The molecule has 116 valence electrons. The summed E-state index contributed by atoms with van der Waals surface area (Å²) in [6.07, 6.45) is 1.85. The highest BCUT2D eigenvalue weighted by atomic mass is 16.5. The van der Waals surface area contributed by atoms with Crippen LogP contribution in [-0.2, 0) is 6.54 Å². The van der Waals surface area contributed by atoms with Crippen molar-refractivity contribution in [1.82, 2.24) is 4.90 Å². The summed E-state index contributed by atoms with van der Waals surface area (Å²) < 4.78 is 11.8. The van der Waals surface area contributed by atoms with Gasteiger partial charge in [0.05, 0.1) is 6.26 Å². The minimum absolute atomic E-state index is 0.118. The Morgan fingerprint density at radius 2 is 1.65 bits per heavy atom. The van der Waals surface area contributed by atoms with Gasteiger partial charge in [0, 0.05) is 13.1 Å². The van der Waals surface area contributed by atoms with Gasteiger partial charge in [0.2, 0.25) is 0 Å². The van der Waals surface area contributed by atoms with Crippen molar-refractivity contribution in [2.75, 3.05) is 6.54 Å². The first-order chi connectivity index (χ1) is 11.4. The SMILES string of the molecule is c1ccc(CN2C[C@@H](Oc3ccccc3)[C@H]2c2ccco2)cc1. The number of nitrogens with zero attached hydrogens (tertiary/aromatic N) is 1. The normalized spacial score (nSPS) is 20.9. The molecule has 4 rings (SSSR count). The summed E-state index contributed by atoms with van der Waals surface area (Å²) in [5.41, 5.74) is 1.31. The summed E-state index contributed by atoms with van der Waals surface area (Å²) in [5, 5.41) is 0. The van der Waals surface area contributed by atoms with Crippen molar-refractivity contribution in [1.29, 1.82) is 0 Å². The van der Waals surface area contributed by atoms with E-state index in [0.717, 1.165) is 24.6 Å². The maximum Gasteiger partial charge on any atom is 0.134 e. The minimum atomic E-state index is 0.118. The Kier molecular flexibility index (Phi) is 3.86. The number of para-hydroxylation sites is 1. The lowest BCUT2D eigenvalue weighted by atomic mass is 9.95. The molecule has 1 aliphatic rings. The van der Waals surface area contributed by atoms with E-state index in [1.54, 1.807) is 6.26 Å². The second-order valence-corrected chi connectivity index (χ2v) is 5.84. The van der Waals surface area contributed by atoms with Gasteiger partial charge >= 0.3 is 0 Å². The summed E-state index contributed by atoms with van der Waals surface area (Å²) in [6, 6.07) is 24.6. The largest absolute Gasteiger partial charge is 0.487 e. The standard InChI is InChI=1S/C20H19NO2/c1-3-8-16(9-4-1)14-21-15-19(20(21)18-12-7-13-22-18)23-17-10-5-2-6-11-17/h1-13,19-20H,14-15H2/t19-,20-/m1/s1. The number of likely N-dealkylation sites (tertiary alicyclic amines) is 1. The van der Waals surface area contributed by atoms with E-state index in [4.69, 9.17) is 9.15 Å². The van der Waals surface area contributed by atoms with E-state index in [0.29, 0.717) is 0 Å². The molecule has 1 fully saturated rings. The van der Waals surface area contributed by atoms with Gasteiger partial charge in [0.25, 0.3) is 0 Å². The molecule has 2 heterocycles. The van der Waals surface area contributed by atoms with Gasteiger partial charge in [0.15, 0.2) is 0 Å². The first kappa shape index (κ1) is 14.1. The fourth-order valence-corrected chi connectivity index (χ4v) is 3.12. The van der Waals surface area contributed by atoms with Crippen molar-refractivity contribution in [3.05, 3.63) is 90.4 Å². The predicted molar refractivity (Wildman–Crippen MR) is 89.2 cm³/mol. The van der Waals surface area contributed by atoms with Gasteiger partial charge in [-0.05, 0) is 29.8 Å². The van der Waals surface area contributed by atoms with Gasteiger partial charge in [-0.1, -0.05) is 48.5 Å². The van der Waals surface area contributed by atoms with E-state index >= 15 is 0 Å². The van der Waals surface area contributed by atoms with Gasteiger partial charge in [0.1, 0.15) is 23.7 Å². The molecular formula is C20H19NO2. The molecule has 1 aromatic heterocycles. The first-order valence-electron chi connectivity index (χ1n) is 7.93. The molecule has 3 aromatic rings. The molecule has 2 atom stereocenters. The average molecular weight is 305 g/mol. The Balaban J connectivity index is 1.51. The molecule has 0 N–H and O–H groups in total. The molecule has 0 amide bonds. The molecule has 1 aliphatic heterocycles. The topological polar surface area (TPSA) is 25.6 Å². The highest BCUT2D eigenvalue weighted by Crippen LogP contribution is 2.37. The van der Waals surface area contributed by atoms with Crippen molar-refractivity contribution in [3.8, 4) is 5.75 Å². The maximum atomic E-state index is 6.15. The van der Waals surface area contributed by atoms with Crippen LogP contribution in [0.25, 0.3) is 0 Å². The van der Waals surface area contributed by atoms with Crippen LogP contribution in [0, 0.1) is 0 Å². The van der Waals surface area contributed by atoms with Crippen LogP contribution < -0.4 is 4.74 Å². The highest BCUT2D eigenvalue weighted by Gasteiger charge is 2.43. The average Bonchev–Trinajstić information content (AvgIpc) is 3.09. The summed E-state index contributed by atoms with van der Waals surface area (Å²) in [4.78, 5) is 2.39. The van der Waals surface area contributed by atoms with Crippen LogP contribution in [0.3, 0.4) is 0 Å². The van der Waals surface area contributed by atoms with Crippen LogP contribution in [0.15, 0.2) is 83.5 Å². The quantitative estimate of drug-likeness (QED) is 0.703. The number of hydrogen-bond acceptors (Lipinski definition) is 3. The Hall–Kier alpha value is -2.52. The van der Waals surface area contributed by atoms with Gasteiger partial charge in [-0.2, -0.15) is 0 Å². The second-order valence-electron chi connectivity index (χ2n) is 5.84. The zero-order valence-electron chi connectivity index (χ0n) is 12.8. The van der Waals surface area contributed by atoms with Crippen LogP contribution in [0.5, 0.6) is 5.75 Å². The van der Waals surface area contributed by atoms with Crippen LogP contribution in [0.1, 0.15) is 17.4 Å². The van der Waals surface area contributed by atoms with E-state index in [-0.39, 0.29) is 12.1 Å². The number of furan rings is 1. The van der Waals surface area contributed by atoms with Gasteiger partial charge in [-0.15, -0.1) is 0 Å². The molecule has 0 spiro atoms. The summed E-state index contributed by atoms with van der Waals surface area (Å²) in [7, 11) is 0. The zero-order chi connectivity index (χ0) is 15.5.